The zero-order valence-corrected chi connectivity index (χ0v) is 17.1. The molecule has 1 aliphatic heterocycles. The molecule has 2 heterocycles. The fraction of sp³-hybridized carbons (Fsp3) is 0.211. The third-order valence-electron chi connectivity index (χ3n) is 4.54. The van der Waals surface area contributed by atoms with Crippen molar-refractivity contribution in [3.05, 3.63) is 58.1 Å². The Hall–Kier alpha value is -3.07. The van der Waals surface area contributed by atoms with Crippen molar-refractivity contribution in [2.24, 2.45) is 0 Å². The fourth-order valence-electron chi connectivity index (χ4n) is 3.23. The Balaban J connectivity index is 1.87. The molecule has 0 amide bonds. The van der Waals surface area contributed by atoms with Gasteiger partial charge in [0.05, 0.1) is 21.3 Å². The van der Waals surface area contributed by atoms with E-state index in [2.05, 4.69) is 42.8 Å². The zero-order valence-electron chi connectivity index (χ0n) is 15.5. The predicted molar refractivity (Wildman–Crippen MR) is 108 cm³/mol. The average molecular weight is 444 g/mol. The second-order valence-corrected chi connectivity index (χ2v) is 6.94. The van der Waals surface area contributed by atoms with E-state index in [1.54, 1.807) is 26.0 Å². The van der Waals surface area contributed by atoms with Crippen molar-refractivity contribution in [1.29, 1.82) is 0 Å². The van der Waals surface area contributed by atoms with Crippen LogP contribution < -0.4 is 19.5 Å². The van der Waals surface area contributed by atoms with Gasteiger partial charge in [-0.15, -0.1) is 0 Å². The van der Waals surface area contributed by atoms with Crippen molar-refractivity contribution >= 4 is 27.6 Å². The second kappa shape index (κ2) is 7.51. The number of anilines is 1. The number of nitrogens with zero attached hydrogens (tertiary/aromatic N) is 4. The van der Waals surface area contributed by atoms with Crippen molar-refractivity contribution in [1.82, 2.24) is 20.2 Å². The topological polar surface area (TPSA) is 83.3 Å². The molecule has 8 nitrogen and oxygen atoms in total. The maximum atomic E-state index is 5.67. The van der Waals surface area contributed by atoms with Gasteiger partial charge in [0.25, 0.3) is 0 Å². The summed E-state index contributed by atoms with van der Waals surface area (Å²) in [6.45, 7) is 0. The Kier molecular flexibility index (Phi) is 4.91. The van der Waals surface area contributed by atoms with Gasteiger partial charge in [0.2, 0.25) is 11.7 Å². The largest absolute Gasteiger partial charge is 0.493 e. The van der Waals surface area contributed by atoms with E-state index in [0.717, 1.165) is 21.3 Å². The lowest BCUT2D eigenvalue weighted by molar-refractivity contribution is 0.320. The summed E-state index contributed by atoms with van der Waals surface area (Å²) in [6.07, 6.45) is 2.05. The minimum atomic E-state index is -0.292. The van der Waals surface area contributed by atoms with Crippen molar-refractivity contribution in [2.75, 3.05) is 26.6 Å². The summed E-state index contributed by atoms with van der Waals surface area (Å²) in [5.74, 6) is 2.23. The van der Waals surface area contributed by atoms with Gasteiger partial charge in [-0.3, -0.25) is 0 Å². The molecule has 0 bridgehead atoms. The van der Waals surface area contributed by atoms with E-state index in [0.29, 0.717) is 23.2 Å². The van der Waals surface area contributed by atoms with Gasteiger partial charge >= 0.3 is 0 Å². The third kappa shape index (κ3) is 3.07. The molecule has 0 unspecified atom stereocenters. The quantitative estimate of drug-likeness (QED) is 0.645. The highest BCUT2D eigenvalue weighted by Gasteiger charge is 2.29. The van der Waals surface area contributed by atoms with E-state index >= 15 is 0 Å². The summed E-state index contributed by atoms with van der Waals surface area (Å²) in [5, 5.41) is 15.3. The molecule has 0 aliphatic carbocycles. The maximum Gasteiger partial charge on any atom is 0.248 e. The van der Waals surface area contributed by atoms with Gasteiger partial charge in [0, 0.05) is 15.7 Å². The van der Waals surface area contributed by atoms with Crippen LogP contribution in [0.25, 0.3) is 5.70 Å². The molecule has 0 fully saturated rings. The summed E-state index contributed by atoms with van der Waals surface area (Å²) in [6, 6.07) is 11.5. The summed E-state index contributed by atoms with van der Waals surface area (Å²) >= 11 is 3.47. The van der Waals surface area contributed by atoms with E-state index in [1.807, 2.05) is 36.4 Å². The third-order valence-corrected chi connectivity index (χ3v) is 5.06. The van der Waals surface area contributed by atoms with Gasteiger partial charge < -0.3 is 19.5 Å². The van der Waals surface area contributed by atoms with Crippen molar-refractivity contribution in [3.63, 3.8) is 0 Å². The van der Waals surface area contributed by atoms with Crippen LogP contribution in [0.15, 0.2) is 46.9 Å². The van der Waals surface area contributed by atoms with Gasteiger partial charge in [-0.2, -0.15) is 4.68 Å². The number of ether oxygens (including phenoxy) is 3. The number of hydrogen-bond acceptors (Lipinski definition) is 7. The molecule has 4 rings (SSSR count). The SMILES string of the molecule is COc1ccc([C@@H]2C=C(c3ccc(Br)cc3)Nc3nnnn32)c(OC)c1OC. The van der Waals surface area contributed by atoms with Crippen molar-refractivity contribution in [2.45, 2.75) is 6.04 Å². The van der Waals surface area contributed by atoms with Crippen molar-refractivity contribution in [3.8, 4) is 17.2 Å². The number of nitrogens with one attached hydrogen (secondary N) is 1. The van der Waals surface area contributed by atoms with E-state index in [4.69, 9.17) is 14.2 Å². The first-order chi connectivity index (χ1) is 13.7. The van der Waals surface area contributed by atoms with Crippen LogP contribution in [0.4, 0.5) is 5.95 Å². The smallest absolute Gasteiger partial charge is 0.248 e. The van der Waals surface area contributed by atoms with Crippen LogP contribution in [0.5, 0.6) is 17.2 Å². The Morgan fingerprint density at radius 3 is 2.39 bits per heavy atom. The van der Waals surface area contributed by atoms with Crippen molar-refractivity contribution < 1.29 is 14.2 Å². The number of benzene rings is 2. The van der Waals surface area contributed by atoms with Gasteiger partial charge in [-0.1, -0.05) is 33.2 Å². The molecule has 1 N–H and O–H groups in total. The monoisotopic (exact) mass is 443 g/mol. The number of tetrazole rings is 1. The van der Waals surface area contributed by atoms with Crippen LogP contribution >= 0.6 is 15.9 Å². The Morgan fingerprint density at radius 1 is 0.964 bits per heavy atom. The van der Waals surface area contributed by atoms with Gasteiger partial charge in [-0.25, -0.2) is 0 Å². The van der Waals surface area contributed by atoms with Crippen LogP contribution in [-0.4, -0.2) is 41.5 Å². The lowest BCUT2D eigenvalue weighted by Gasteiger charge is -2.25. The molecule has 144 valence electrons. The molecule has 1 aromatic heterocycles. The molecule has 2 aromatic carbocycles. The van der Waals surface area contributed by atoms with E-state index in [-0.39, 0.29) is 6.04 Å². The predicted octanol–water partition coefficient (Wildman–Crippen LogP) is 3.52. The Labute approximate surface area is 170 Å². The summed E-state index contributed by atoms with van der Waals surface area (Å²) in [7, 11) is 4.77. The lowest BCUT2D eigenvalue weighted by Crippen LogP contribution is -2.21. The highest BCUT2D eigenvalue weighted by atomic mass is 79.9. The van der Waals surface area contributed by atoms with E-state index in [1.165, 1.54) is 0 Å². The van der Waals surface area contributed by atoms with Crippen LogP contribution in [0.3, 0.4) is 0 Å². The zero-order chi connectivity index (χ0) is 19.7. The standard InChI is InChI=1S/C19H18BrN5O3/c1-26-16-9-8-13(17(27-2)18(16)28-3)15-10-14(11-4-6-12(20)7-5-11)21-19-22-23-24-25(15)19/h4-10,15H,1-3H3,(H,21,22,24)/t15-/m0/s1. The van der Waals surface area contributed by atoms with Crippen LogP contribution in [0.1, 0.15) is 17.2 Å². The molecule has 1 aliphatic rings. The molecule has 0 radical (unpaired) electrons. The molecule has 9 heteroatoms. The minimum Gasteiger partial charge on any atom is -0.493 e. The summed E-state index contributed by atoms with van der Waals surface area (Å²) < 4.78 is 19.3. The molecule has 0 saturated carbocycles. The lowest BCUT2D eigenvalue weighted by atomic mass is 10.00. The van der Waals surface area contributed by atoms with Crippen LogP contribution in [0, 0.1) is 0 Å². The molecule has 1 atom stereocenters. The average Bonchev–Trinajstić information content (AvgIpc) is 3.21. The maximum absolute atomic E-state index is 5.67. The molecule has 3 aromatic rings. The number of halogens is 1. The van der Waals surface area contributed by atoms with Gasteiger partial charge in [0.1, 0.15) is 6.04 Å². The highest BCUT2D eigenvalue weighted by molar-refractivity contribution is 9.10. The fourth-order valence-corrected chi connectivity index (χ4v) is 3.49. The normalized spacial score (nSPS) is 15.3. The summed E-state index contributed by atoms with van der Waals surface area (Å²) in [5.41, 5.74) is 2.77. The minimum absolute atomic E-state index is 0.292. The van der Waals surface area contributed by atoms with Gasteiger partial charge in [0.15, 0.2) is 11.5 Å². The number of methoxy groups -OCH3 is 3. The Bertz CT molecular complexity index is 1030. The number of rotatable bonds is 5. The Morgan fingerprint density at radius 2 is 1.71 bits per heavy atom. The molecular formula is C19H18BrN5O3. The first-order valence-corrected chi connectivity index (χ1v) is 9.27. The van der Waals surface area contributed by atoms with Crippen LogP contribution in [0.2, 0.25) is 0 Å². The number of fused-ring (bicyclic) bond motifs is 1. The summed E-state index contributed by atoms with van der Waals surface area (Å²) in [4.78, 5) is 0. The van der Waals surface area contributed by atoms with Crippen LogP contribution in [-0.2, 0) is 0 Å². The highest BCUT2D eigenvalue weighted by Crippen LogP contribution is 2.44. The first kappa shape index (κ1) is 18.3. The van der Waals surface area contributed by atoms with E-state index < -0.39 is 0 Å². The van der Waals surface area contributed by atoms with E-state index in [9.17, 15) is 0 Å². The molecule has 0 saturated heterocycles. The number of hydrogen-bond donors (Lipinski definition) is 1. The second-order valence-electron chi connectivity index (χ2n) is 6.03. The number of aromatic nitrogens is 4. The molecule has 0 spiro atoms. The first-order valence-electron chi connectivity index (χ1n) is 8.47. The molecular weight excluding hydrogens is 426 g/mol. The number of allylic oxidation sites excluding steroid dienone is 1. The molecule has 28 heavy (non-hydrogen) atoms. The van der Waals surface area contributed by atoms with Gasteiger partial charge in [-0.05, 0) is 46.3 Å².